The Kier molecular flexibility index (Phi) is 3.18. The Morgan fingerprint density at radius 1 is 1.29 bits per heavy atom. The topological polar surface area (TPSA) is 29.9 Å². The molecule has 0 unspecified atom stereocenters. The SMILES string of the molecule is Cc1cn(C)c(Nc2cccc(C(C)C)c2)n1. The zero-order valence-electron chi connectivity index (χ0n) is 10.9. The number of aryl methyl sites for hydroxylation is 2. The van der Waals surface area contributed by atoms with Gasteiger partial charge in [-0.1, -0.05) is 26.0 Å². The molecule has 0 bridgehead atoms. The van der Waals surface area contributed by atoms with Crippen molar-refractivity contribution in [1.29, 1.82) is 0 Å². The fourth-order valence-electron chi connectivity index (χ4n) is 1.84. The van der Waals surface area contributed by atoms with Crippen LogP contribution in [0, 0.1) is 6.92 Å². The summed E-state index contributed by atoms with van der Waals surface area (Å²) in [5, 5.41) is 3.34. The predicted octanol–water partition coefficient (Wildman–Crippen LogP) is 3.60. The number of benzene rings is 1. The number of anilines is 2. The third-order valence-corrected chi connectivity index (χ3v) is 2.81. The van der Waals surface area contributed by atoms with Crippen LogP contribution in [-0.2, 0) is 7.05 Å². The molecule has 0 aliphatic heterocycles. The van der Waals surface area contributed by atoms with Gasteiger partial charge in [-0.3, -0.25) is 0 Å². The van der Waals surface area contributed by atoms with Crippen LogP contribution in [0.3, 0.4) is 0 Å². The molecule has 1 N–H and O–H groups in total. The van der Waals surface area contributed by atoms with Gasteiger partial charge in [0.25, 0.3) is 0 Å². The second-order valence-corrected chi connectivity index (χ2v) is 4.72. The first-order valence-corrected chi connectivity index (χ1v) is 5.93. The molecule has 3 nitrogen and oxygen atoms in total. The summed E-state index contributed by atoms with van der Waals surface area (Å²) in [7, 11) is 1.99. The number of hydrogen-bond donors (Lipinski definition) is 1. The number of nitrogens with one attached hydrogen (secondary N) is 1. The molecule has 0 saturated heterocycles. The summed E-state index contributed by atoms with van der Waals surface area (Å²) in [5.74, 6) is 1.42. The van der Waals surface area contributed by atoms with E-state index >= 15 is 0 Å². The van der Waals surface area contributed by atoms with Gasteiger partial charge in [0, 0.05) is 18.9 Å². The molecule has 17 heavy (non-hydrogen) atoms. The molecule has 1 aromatic heterocycles. The summed E-state index contributed by atoms with van der Waals surface area (Å²) >= 11 is 0. The Morgan fingerprint density at radius 3 is 2.65 bits per heavy atom. The van der Waals surface area contributed by atoms with E-state index in [9.17, 15) is 0 Å². The summed E-state index contributed by atoms with van der Waals surface area (Å²) in [6, 6.07) is 8.47. The van der Waals surface area contributed by atoms with Crippen molar-refractivity contribution in [1.82, 2.24) is 9.55 Å². The first-order chi connectivity index (χ1) is 8.06. The third-order valence-electron chi connectivity index (χ3n) is 2.81. The highest BCUT2D eigenvalue weighted by atomic mass is 15.2. The molecule has 0 aliphatic carbocycles. The van der Waals surface area contributed by atoms with E-state index in [0.717, 1.165) is 17.3 Å². The Labute approximate surface area is 103 Å². The molecule has 2 rings (SSSR count). The molecular formula is C14H19N3. The first-order valence-electron chi connectivity index (χ1n) is 5.93. The molecule has 0 spiro atoms. The lowest BCUT2D eigenvalue weighted by atomic mass is 10.0. The van der Waals surface area contributed by atoms with Crippen molar-refractivity contribution in [3.63, 3.8) is 0 Å². The molecule has 3 heteroatoms. The van der Waals surface area contributed by atoms with E-state index in [1.807, 2.05) is 24.7 Å². The van der Waals surface area contributed by atoms with Crippen molar-refractivity contribution in [2.45, 2.75) is 26.7 Å². The minimum Gasteiger partial charge on any atom is -0.326 e. The van der Waals surface area contributed by atoms with Gasteiger partial charge < -0.3 is 9.88 Å². The van der Waals surface area contributed by atoms with E-state index in [1.54, 1.807) is 0 Å². The first kappa shape index (κ1) is 11.7. The maximum Gasteiger partial charge on any atom is 0.207 e. The molecule has 0 atom stereocenters. The van der Waals surface area contributed by atoms with E-state index in [0.29, 0.717) is 5.92 Å². The minimum absolute atomic E-state index is 0.542. The van der Waals surface area contributed by atoms with Crippen LogP contribution in [0.25, 0.3) is 0 Å². The van der Waals surface area contributed by atoms with Gasteiger partial charge in [-0.05, 0) is 30.5 Å². The average Bonchev–Trinajstić information content (AvgIpc) is 2.58. The van der Waals surface area contributed by atoms with Gasteiger partial charge in [-0.2, -0.15) is 0 Å². The van der Waals surface area contributed by atoms with Gasteiger partial charge in [0.2, 0.25) is 5.95 Å². The normalized spacial score (nSPS) is 10.9. The van der Waals surface area contributed by atoms with Gasteiger partial charge in [0.15, 0.2) is 0 Å². The highest BCUT2D eigenvalue weighted by Crippen LogP contribution is 2.21. The van der Waals surface area contributed by atoms with E-state index in [1.165, 1.54) is 5.56 Å². The second kappa shape index (κ2) is 4.62. The molecule has 0 saturated carbocycles. The summed E-state index contributed by atoms with van der Waals surface area (Å²) in [6.45, 7) is 6.39. The molecule has 0 amide bonds. The molecule has 1 aromatic carbocycles. The maximum absolute atomic E-state index is 4.43. The van der Waals surface area contributed by atoms with Gasteiger partial charge in [-0.25, -0.2) is 4.98 Å². The smallest absolute Gasteiger partial charge is 0.207 e. The standard InChI is InChI=1S/C14H19N3/c1-10(2)12-6-5-7-13(8-12)16-14-15-11(3)9-17(14)4/h5-10H,1-4H3,(H,15,16). The number of hydrogen-bond acceptors (Lipinski definition) is 2. The van der Waals surface area contributed by atoms with Crippen LogP contribution in [0.5, 0.6) is 0 Å². The lowest BCUT2D eigenvalue weighted by Gasteiger charge is -2.09. The Morgan fingerprint density at radius 2 is 2.06 bits per heavy atom. The molecular weight excluding hydrogens is 210 g/mol. The average molecular weight is 229 g/mol. The lowest BCUT2D eigenvalue weighted by molar-refractivity contribution is 0.866. The van der Waals surface area contributed by atoms with Crippen LogP contribution in [-0.4, -0.2) is 9.55 Å². The Bertz CT molecular complexity index is 512. The van der Waals surface area contributed by atoms with Crippen molar-refractivity contribution in [3.05, 3.63) is 41.7 Å². The van der Waals surface area contributed by atoms with Crippen LogP contribution >= 0.6 is 0 Å². The van der Waals surface area contributed by atoms with E-state index in [2.05, 4.69) is 48.4 Å². The quantitative estimate of drug-likeness (QED) is 0.871. The van der Waals surface area contributed by atoms with Crippen LogP contribution in [0.15, 0.2) is 30.5 Å². The van der Waals surface area contributed by atoms with Crippen LogP contribution in [0.4, 0.5) is 11.6 Å². The number of aromatic nitrogens is 2. The highest BCUT2D eigenvalue weighted by Gasteiger charge is 2.04. The fourth-order valence-corrected chi connectivity index (χ4v) is 1.84. The van der Waals surface area contributed by atoms with Crippen molar-refractivity contribution < 1.29 is 0 Å². The highest BCUT2D eigenvalue weighted by molar-refractivity contribution is 5.55. The number of nitrogens with zero attached hydrogens (tertiary/aromatic N) is 2. The monoisotopic (exact) mass is 229 g/mol. The molecule has 0 aliphatic rings. The van der Waals surface area contributed by atoms with E-state index < -0.39 is 0 Å². The fraction of sp³-hybridized carbons (Fsp3) is 0.357. The Hall–Kier alpha value is -1.77. The van der Waals surface area contributed by atoms with Crippen LogP contribution in [0.2, 0.25) is 0 Å². The molecule has 1 heterocycles. The van der Waals surface area contributed by atoms with E-state index in [4.69, 9.17) is 0 Å². The summed E-state index contributed by atoms with van der Waals surface area (Å²) in [5.41, 5.74) is 3.45. The second-order valence-electron chi connectivity index (χ2n) is 4.72. The van der Waals surface area contributed by atoms with Crippen molar-refractivity contribution in [3.8, 4) is 0 Å². The predicted molar refractivity (Wildman–Crippen MR) is 71.8 cm³/mol. The van der Waals surface area contributed by atoms with Gasteiger partial charge in [-0.15, -0.1) is 0 Å². The van der Waals surface area contributed by atoms with Crippen LogP contribution in [0.1, 0.15) is 31.0 Å². The largest absolute Gasteiger partial charge is 0.326 e. The van der Waals surface area contributed by atoms with Gasteiger partial charge in [0.05, 0.1) is 5.69 Å². The zero-order chi connectivity index (χ0) is 12.4. The number of rotatable bonds is 3. The third kappa shape index (κ3) is 2.67. The molecule has 0 radical (unpaired) electrons. The van der Waals surface area contributed by atoms with Gasteiger partial charge >= 0.3 is 0 Å². The molecule has 0 fully saturated rings. The van der Waals surface area contributed by atoms with Crippen molar-refractivity contribution >= 4 is 11.6 Å². The summed E-state index contributed by atoms with van der Waals surface area (Å²) in [6.07, 6.45) is 2.01. The van der Waals surface area contributed by atoms with Crippen LogP contribution < -0.4 is 5.32 Å². The minimum atomic E-state index is 0.542. The Balaban J connectivity index is 2.24. The van der Waals surface area contributed by atoms with E-state index in [-0.39, 0.29) is 0 Å². The molecule has 2 aromatic rings. The van der Waals surface area contributed by atoms with Crippen molar-refractivity contribution in [2.75, 3.05) is 5.32 Å². The zero-order valence-corrected chi connectivity index (χ0v) is 10.9. The summed E-state index contributed by atoms with van der Waals surface area (Å²) < 4.78 is 2.00. The van der Waals surface area contributed by atoms with Gasteiger partial charge in [0.1, 0.15) is 0 Å². The summed E-state index contributed by atoms with van der Waals surface area (Å²) in [4.78, 5) is 4.43. The maximum atomic E-state index is 4.43. The number of imidazole rings is 1. The van der Waals surface area contributed by atoms with Crippen molar-refractivity contribution in [2.24, 2.45) is 7.05 Å². The molecule has 90 valence electrons. The lowest BCUT2D eigenvalue weighted by Crippen LogP contribution is -1.99.